The Balaban J connectivity index is 1.57. The second kappa shape index (κ2) is 9.04. The molecule has 32 heavy (non-hydrogen) atoms. The van der Waals surface area contributed by atoms with Crippen LogP contribution in [0.5, 0.6) is 0 Å². The van der Waals surface area contributed by atoms with Gasteiger partial charge in [0.1, 0.15) is 12.4 Å². The smallest absolute Gasteiger partial charge is 0.416 e. The highest BCUT2D eigenvalue weighted by Gasteiger charge is 2.30. The minimum absolute atomic E-state index is 0.0132. The van der Waals surface area contributed by atoms with Crippen molar-refractivity contribution in [2.75, 3.05) is 13.6 Å². The molecule has 13 heteroatoms. The number of halogens is 4. The van der Waals surface area contributed by atoms with E-state index in [9.17, 15) is 30.8 Å². The zero-order valence-corrected chi connectivity index (χ0v) is 17.2. The Morgan fingerprint density at radius 3 is 2.31 bits per heavy atom. The van der Waals surface area contributed by atoms with E-state index < -0.39 is 46.7 Å². The van der Waals surface area contributed by atoms with Crippen LogP contribution in [-0.2, 0) is 32.3 Å². The van der Waals surface area contributed by atoms with Crippen LogP contribution in [0.4, 0.5) is 17.6 Å². The monoisotopic (exact) mass is 473 g/mol. The van der Waals surface area contributed by atoms with Crippen LogP contribution < -0.4 is 0 Å². The molecule has 1 aromatic heterocycles. The van der Waals surface area contributed by atoms with Crippen LogP contribution in [0.15, 0.2) is 57.9 Å². The van der Waals surface area contributed by atoms with E-state index >= 15 is 0 Å². The molecule has 8 nitrogen and oxygen atoms in total. The van der Waals surface area contributed by atoms with Crippen LogP contribution in [0.25, 0.3) is 11.4 Å². The van der Waals surface area contributed by atoms with E-state index in [1.807, 2.05) is 0 Å². The Kier molecular flexibility index (Phi) is 6.60. The molecule has 1 heterocycles. The first-order valence-corrected chi connectivity index (χ1v) is 10.3. The molecule has 0 radical (unpaired) electrons. The predicted molar refractivity (Wildman–Crippen MR) is 101 cm³/mol. The molecule has 0 N–H and O–H groups in total. The third-order valence-electron chi connectivity index (χ3n) is 4.17. The van der Waals surface area contributed by atoms with Crippen LogP contribution in [0.1, 0.15) is 11.5 Å². The van der Waals surface area contributed by atoms with Gasteiger partial charge in [-0.3, -0.25) is 4.79 Å². The summed E-state index contributed by atoms with van der Waals surface area (Å²) in [5, 5.41) is 3.61. The van der Waals surface area contributed by atoms with Crippen molar-refractivity contribution < 1.29 is 40.0 Å². The number of nitrogens with zero attached hydrogens (tertiary/aromatic N) is 3. The number of hydrogen-bond donors (Lipinski definition) is 0. The molecule has 0 unspecified atom stereocenters. The highest BCUT2D eigenvalue weighted by atomic mass is 32.2. The lowest BCUT2D eigenvalue weighted by Gasteiger charge is -2.16. The molecule has 2 aromatic carbocycles. The Labute approximate surface area is 179 Å². The van der Waals surface area contributed by atoms with Gasteiger partial charge in [-0.15, -0.1) is 0 Å². The van der Waals surface area contributed by atoms with Gasteiger partial charge in [-0.05, 0) is 36.4 Å². The zero-order valence-electron chi connectivity index (χ0n) is 16.3. The summed E-state index contributed by atoms with van der Waals surface area (Å²) in [5.74, 6) is -1.69. The third kappa shape index (κ3) is 5.48. The number of benzene rings is 2. The molecule has 0 aliphatic rings. The number of likely N-dealkylation sites (N-methyl/N-ethyl adjacent to an activating group) is 1. The molecular formula is C19H15F4N3O5S. The van der Waals surface area contributed by atoms with Crippen LogP contribution in [-0.4, -0.2) is 42.4 Å². The first-order valence-electron chi connectivity index (χ1n) is 8.84. The summed E-state index contributed by atoms with van der Waals surface area (Å²) in [6.07, 6.45) is -4.48. The lowest BCUT2D eigenvalue weighted by molar-refractivity contribution is -0.145. The standard InChI is InChI=1S/C19H15F4N3O5S/c1-26(32(28,29)15-8-6-14(20)7-9-15)10-17(27)30-11-16-24-18(25-31-16)12-2-4-13(5-3-12)19(21,22)23/h2-9H,10-11H2,1H3. The number of hydrogen-bond acceptors (Lipinski definition) is 7. The van der Waals surface area contributed by atoms with Gasteiger partial charge in [0, 0.05) is 12.6 Å². The maximum absolute atomic E-state index is 13.0. The topological polar surface area (TPSA) is 103 Å². The second-order valence-electron chi connectivity index (χ2n) is 6.46. The Morgan fingerprint density at radius 1 is 1.09 bits per heavy atom. The van der Waals surface area contributed by atoms with E-state index in [-0.39, 0.29) is 22.2 Å². The van der Waals surface area contributed by atoms with Gasteiger partial charge in [0.2, 0.25) is 15.8 Å². The van der Waals surface area contributed by atoms with Crippen molar-refractivity contribution in [3.05, 3.63) is 65.8 Å². The van der Waals surface area contributed by atoms with E-state index in [2.05, 4.69) is 10.1 Å². The van der Waals surface area contributed by atoms with E-state index in [1.165, 1.54) is 12.1 Å². The normalized spacial score (nSPS) is 12.2. The number of alkyl halides is 3. The van der Waals surface area contributed by atoms with Gasteiger partial charge in [0.05, 0.1) is 10.5 Å². The molecule has 0 atom stereocenters. The van der Waals surface area contributed by atoms with Crippen molar-refractivity contribution in [2.24, 2.45) is 0 Å². The molecule has 0 aliphatic heterocycles. The summed E-state index contributed by atoms with van der Waals surface area (Å²) in [5.41, 5.74) is -0.581. The van der Waals surface area contributed by atoms with Gasteiger partial charge >= 0.3 is 12.1 Å². The summed E-state index contributed by atoms with van der Waals surface area (Å²) in [7, 11) is -2.90. The van der Waals surface area contributed by atoms with Crippen molar-refractivity contribution in [1.82, 2.24) is 14.4 Å². The lowest BCUT2D eigenvalue weighted by atomic mass is 10.1. The van der Waals surface area contributed by atoms with E-state index in [1.54, 1.807) is 0 Å². The van der Waals surface area contributed by atoms with Gasteiger partial charge in [-0.2, -0.15) is 22.5 Å². The quantitative estimate of drug-likeness (QED) is 0.383. The number of rotatable bonds is 7. The molecule has 0 fully saturated rings. The summed E-state index contributed by atoms with van der Waals surface area (Å²) in [6, 6.07) is 8.14. The average Bonchev–Trinajstić information content (AvgIpc) is 3.21. The van der Waals surface area contributed by atoms with Crippen LogP contribution >= 0.6 is 0 Å². The maximum atomic E-state index is 13.0. The minimum atomic E-state index is -4.48. The minimum Gasteiger partial charge on any atom is -0.455 e. The second-order valence-corrected chi connectivity index (χ2v) is 8.51. The van der Waals surface area contributed by atoms with Crippen molar-refractivity contribution in [2.45, 2.75) is 17.7 Å². The van der Waals surface area contributed by atoms with Crippen LogP contribution in [0.2, 0.25) is 0 Å². The Hall–Kier alpha value is -3.32. The van der Waals surface area contributed by atoms with Gasteiger partial charge in [-0.25, -0.2) is 12.8 Å². The Bertz CT molecular complexity index is 1190. The van der Waals surface area contributed by atoms with Crippen molar-refractivity contribution in [1.29, 1.82) is 0 Å². The fraction of sp³-hybridized carbons (Fsp3) is 0.211. The number of sulfonamides is 1. The largest absolute Gasteiger partial charge is 0.455 e. The SMILES string of the molecule is CN(CC(=O)OCc1nc(-c2ccc(C(F)(F)F)cc2)no1)S(=O)(=O)c1ccc(F)cc1. The first-order chi connectivity index (χ1) is 15.0. The molecule has 0 saturated carbocycles. The van der Waals surface area contributed by atoms with Gasteiger partial charge in [-0.1, -0.05) is 17.3 Å². The van der Waals surface area contributed by atoms with Gasteiger partial charge < -0.3 is 9.26 Å². The average molecular weight is 473 g/mol. The van der Waals surface area contributed by atoms with Gasteiger partial charge in [0.15, 0.2) is 6.61 Å². The first kappa shape index (κ1) is 23.3. The number of carbonyl (C=O) groups is 1. The van der Waals surface area contributed by atoms with E-state index in [0.717, 1.165) is 47.8 Å². The molecule has 0 saturated heterocycles. The molecule has 3 rings (SSSR count). The predicted octanol–water partition coefficient (Wildman–Crippen LogP) is 3.26. The van der Waals surface area contributed by atoms with E-state index in [4.69, 9.17) is 9.26 Å². The molecule has 0 bridgehead atoms. The van der Waals surface area contributed by atoms with Crippen LogP contribution in [0, 0.1) is 5.82 Å². The number of esters is 1. The molecular weight excluding hydrogens is 458 g/mol. The summed E-state index contributed by atoms with van der Waals surface area (Å²) in [4.78, 5) is 15.7. The summed E-state index contributed by atoms with van der Waals surface area (Å²) in [6.45, 7) is -1.11. The molecule has 170 valence electrons. The lowest BCUT2D eigenvalue weighted by Crippen LogP contribution is -2.33. The summed E-state index contributed by atoms with van der Waals surface area (Å²) >= 11 is 0. The van der Waals surface area contributed by atoms with Gasteiger partial charge in [0.25, 0.3) is 5.89 Å². The van der Waals surface area contributed by atoms with Crippen molar-refractivity contribution in [3.8, 4) is 11.4 Å². The maximum Gasteiger partial charge on any atom is 0.416 e. The number of aromatic nitrogens is 2. The summed E-state index contributed by atoms with van der Waals surface area (Å²) < 4.78 is 86.1. The number of carbonyl (C=O) groups excluding carboxylic acids is 1. The van der Waals surface area contributed by atoms with Crippen molar-refractivity contribution in [3.63, 3.8) is 0 Å². The highest BCUT2D eigenvalue weighted by Crippen LogP contribution is 2.30. The van der Waals surface area contributed by atoms with Crippen molar-refractivity contribution >= 4 is 16.0 Å². The number of ether oxygens (including phenoxy) is 1. The van der Waals surface area contributed by atoms with E-state index in [0.29, 0.717) is 0 Å². The van der Waals surface area contributed by atoms with Crippen LogP contribution in [0.3, 0.4) is 0 Å². The fourth-order valence-electron chi connectivity index (χ4n) is 2.48. The highest BCUT2D eigenvalue weighted by molar-refractivity contribution is 7.89. The molecule has 0 amide bonds. The molecule has 3 aromatic rings. The zero-order chi connectivity index (χ0) is 23.5. The molecule has 0 aliphatic carbocycles. The Morgan fingerprint density at radius 2 is 1.72 bits per heavy atom. The third-order valence-corrected chi connectivity index (χ3v) is 5.99. The fourth-order valence-corrected chi connectivity index (χ4v) is 3.60. The molecule has 0 spiro atoms.